The van der Waals surface area contributed by atoms with Gasteiger partial charge in [-0.25, -0.2) is 8.78 Å². The average Bonchev–Trinajstić information content (AvgIpc) is 2.95. The number of nitrogens with zero attached hydrogens (tertiary/aromatic N) is 1. The van der Waals surface area contributed by atoms with E-state index in [9.17, 15) is 8.78 Å². The van der Waals surface area contributed by atoms with Crippen molar-refractivity contribution >= 4 is 24.0 Å². The predicted octanol–water partition coefficient (Wildman–Crippen LogP) is 4.72. The van der Waals surface area contributed by atoms with Gasteiger partial charge in [0.05, 0.1) is 11.9 Å². The highest BCUT2D eigenvalue weighted by Gasteiger charge is 2.08. The first kappa shape index (κ1) is 18.4. The number of hydrogen-bond acceptors (Lipinski definition) is 2. The van der Waals surface area contributed by atoms with Gasteiger partial charge >= 0.3 is 0 Å². The van der Waals surface area contributed by atoms with E-state index in [1.54, 1.807) is 6.20 Å². The van der Waals surface area contributed by atoms with Crippen LogP contribution in [0.25, 0.3) is 11.3 Å². The molecular formula is C17H15Cl2F2N3. The lowest BCUT2D eigenvalue weighted by Crippen LogP contribution is -2.13. The van der Waals surface area contributed by atoms with Crippen molar-refractivity contribution in [3.05, 3.63) is 76.4 Å². The van der Waals surface area contributed by atoms with Crippen LogP contribution < -0.4 is 5.32 Å². The second kappa shape index (κ2) is 8.24. The van der Waals surface area contributed by atoms with E-state index >= 15 is 0 Å². The Morgan fingerprint density at radius 3 is 2.33 bits per heavy atom. The second-order valence-electron chi connectivity index (χ2n) is 5.16. The van der Waals surface area contributed by atoms with Crippen molar-refractivity contribution < 1.29 is 8.78 Å². The summed E-state index contributed by atoms with van der Waals surface area (Å²) in [4.78, 5) is 0. The molecule has 3 rings (SSSR count). The minimum absolute atomic E-state index is 0. The van der Waals surface area contributed by atoms with Crippen molar-refractivity contribution in [2.75, 3.05) is 0 Å². The number of nitrogens with one attached hydrogen (secondary N) is 2. The van der Waals surface area contributed by atoms with Crippen LogP contribution in [-0.4, -0.2) is 10.2 Å². The molecule has 0 spiro atoms. The molecule has 1 aromatic heterocycles. The van der Waals surface area contributed by atoms with E-state index in [2.05, 4.69) is 15.5 Å². The van der Waals surface area contributed by atoms with Crippen molar-refractivity contribution in [3.63, 3.8) is 0 Å². The van der Waals surface area contributed by atoms with E-state index in [-0.39, 0.29) is 12.4 Å². The van der Waals surface area contributed by atoms with Gasteiger partial charge in [-0.1, -0.05) is 23.7 Å². The second-order valence-corrected chi connectivity index (χ2v) is 5.59. The number of rotatable bonds is 5. The van der Waals surface area contributed by atoms with Crippen molar-refractivity contribution in [3.8, 4) is 11.3 Å². The Hall–Kier alpha value is -1.95. The summed E-state index contributed by atoms with van der Waals surface area (Å²) in [6, 6.07) is 10.9. The summed E-state index contributed by atoms with van der Waals surface area (Å²) in [7, 11) is 0. The first-order chi connectivity index (χ1) is 11.1. The first-order valence-electron chi connectivity index (χ1n) is 7.06. The lowest BCUT2D eigenvalue weighted by Gasteiger charge is -2.07. The van der Waals surface area contributed by atoms with Gasteiger partial charge in [-0.15, -0.1) is 12.4 Å². The first-order valence-corrected chi connectivity index (χ1v) is 7.43. The van der Waals surface area contributed by atoms with Crippen molar-refractivity contribution in [1.82, 2.24) is 15.5 Å². The molecule has 3 aromatic rings. The average molecular weight is 370 g/mol. The van der Waals surface area contributed by atoms with Crippen LogP contribution in [0.5, 0.6) is 0 Å². The van der Waals surface area contributed by atoms with Crippen LogP contribution in [0.2, 0.25) is 5.02 Å². The Morgan fingerprint density at radius 2 is 1.67 bits per heavy atom. The summed E-state index contributed by atoms with van der Waals surface area (Å²) in [5.41, 5.74) is 3.38. The van der Waals surface area contributed by atoms with E-state index in [0.29, 0.717) is 23.7 Å². The van der Waals surface area contributed by atoms with E-state index in [4.69, 9.17) is 11.6 Å². The van der Waals surface area contributed by atoms with Crippen LogP contribution in [0.1, 0.15) is 11.1 Å². The minimum atomic E-state index is -0.577. The van der Waals surface area contributed by atoms with E-state index in [1.165, 1.54) is 12.1 Å². The zero-order valence-electron chi connectivity index (χ0n) is 12.5. The van der Waals surface area contributed by atoms with Crippen LogP contribution >= 0.6 is 24.0 Å². The molecule has 0 aliphatic heterocycles. The van der Waals surface area contributed by atoms with Crippen molar-refractivity contribution in [2.24, 2.45) is 0 Å². The Morgan fingerprint density at radius 1 is 1.00 bits per heavy atom. The molecule has 2 N–H and O–H groups in total. The molecule has 0 saturated heterocycles. The molecule has 126 valence electrons. The number of aromatic amines is 1. The SMILES string of the molecule is Cl.Fc1cc(F)cc(CNCc2cn[nH]c2-c2ccc(Cl)cc2)c1. The summed E-state index contributed by atoms with van der Waals surface area (Å²) in [6.45, 7) is 0.881. The number of aromatic nitrogens is 2. The lowest BCUT2D eigenvalue weighted by atomic mass is 10.1. The maximum atomic E-state index is 13.2. The maximum Gasteiger partial charge on any atom is 0.126 e. The van der Waals surface area contributed by atoms with Crippen molar-refractivity contribution in [1.29, 1.82) is 0 Å². The highest BCUT2D eigenvalue weighted by atomic mass is 35.5. The van der Waals surface area contributed by atoms with Crippen molar-refractivity contribution in [2.45, 2.75) is 13.1 Å². The summed E-state index contributed by atoms with van der Waals surface area (Å²) >= 11 is 5.89. The fourth-order valence-corrected chi connectivity index (χ4v) is 2.49. The Balaban J connectivity index is 0.00000208. The molecule has 3 nitrogen and oxygen atoms in total. The molecule has 0 unspecified atom stereocenters. The molecular weight excluding hydrogens is 355 g/mol. The number of benzene rings is 2. The van der Waals surface area contributed by atoms with Crippen LogP contribution in [-0.2, 0) is 13.1 Å². The van der Waals surface area contributed by atoms with Gasteiger partial charge in [0.15, 0.2) is 0 Å². The monoisotopic (exact) mass is 369 g/mol. The van der Waals surface area contributed by atoms with E-state index in [1.807, 2.05) is 24.3 Å². The summed E-state index contributed by atoms with van der Waals surface area (Å²) in [6.07, 6.45) is 1.73. The molecule has 0 aliphatic rings. The van der Waals surface area contributed by atoms with Crippen LogP contribution in [0.3, 0.4) is 0 Å². The fraction of sp³-hybridized carbons (Fsp3) is 0.118. The van der Waals surface area contributed by atoms with E-state index < -0.39 is 11.6 Å². The molecule has 1 heterocycles. The van der Waals surface area contributed by atoms with E-state index in [0.717, 1.165) is 22.9 Å². The number of H-pyrrole nitrogens is 1. The quantitative estimate of drug-likeness (QED) is 0.682. The maximum absolute atomic E-state index is 13.2. The molecule has 0 radical (unpaired) electrons. The summed E-state index contributed by atoms with van der Waals surface area (Å²) in [5, 5.41) is 10.8. The third kappa shape index (κ3) is 4.54. The smallest absolute Gasteiger partial charge is 0.126 e. The van der Waals surface area contributed by atoms with Gasteiger partial charge in [-0.2, -0.15) is 5.10 Å². The normalized spacial score (nSPS) is 10.5. The Labute approximate surface area is 149 Å². The summed E-state index contributed by atoms with van der Waals surface area (Å²) in [5.74, 6) is -1.15. The molecule has 2 aromatic carbocycles. The Bertz CT molecular complexity index is 784. The lowest BCUT2D eigenvalue weighted by molar-refractivity contribution is 0.575. The minimum Gasteiger partial charge on any atom is -0.308 e. The molecule has 0 fully saturated rings. The van der Waals surface area contributed by atoms with Gasteiger partial charge in [0, 0.05) is 29.7 Å². The number of halogens is 4. The molecule has 0 aliphatic carbocycles. The third-order valence-corrected chi connectivity index (χ3v) is 3.67. The molecule has 0 saturated carbocycles. The highest BCUT2D eigenvalue weighted by molar-refractivity contribution is 6.30. The molecule has 0 atom stereocenters. The molecule has 24 heavy (non-hydrogen) atoms. The molecule has 7 heteroatoms. The summed E-state index contributed by atoms with van der Waals surface area (Å²) < 4.78 is 26.3. The zero-order chi connectivity index (χ0) is 16.2. The predicted molar refractivity (Wildman–Crippen MR) is 93.2 cm³/mol. The molecule has 0 bridgehead atoms. The molecule has 0 amide bonds. The van der Waals surface area contributed by atoms with Gasteiger partial charge in [0.1, 0.15) is 11.6 Å². The van der Waals surface area contributed by atoms with Gasteiger partial charge in [0.2, 0.25) is 0 Å². The standard InChI is InChI=1S/C17H14ClF2N3.ClH/c18-14-3-1-12(2-4-14)17-13(10-22-23-17)9-21-8-11-5-15(19)7-16(20)6-11;/h1-7,10,21H,8-9H2,(H,22,23);1H. The van der Waals surface area contributed by atoms with Crippen LogP contribution in [0, 0.1) is 11.6 Å². The van der Waals surface area contributed by atoms with Gasteiger partial charge in [0.25, 0.3) is 0 Å². The third-order valence-electron chi connectivity index (χ3n) is 3.42. The zero-order valence-corrected chi connectivity index (χ0v) is 14.1. The largest absolute Gasteiger partial charge is 0.308 e. The van der Waals surface area contributed by atoms with Crippen LogP contribution in [0.4, 0.5) is 8.78 Å². The Kier molecular flexibility index (Phi) is 6.31. The van der Waals surface area contributed by atoms with Gasteiger partial charge < -0.3 is 5.32 Å². The topological polar surface area (TPSA) is 40.7 Å². The fourth-order valence-electron chi connectivity index (χ4n) is 2.37. The van der Waals surface area contributed by atoms with Crippen LogP contribution in [0.15, 0.2) is 48.7 Å². The van der Waals surface area contributed by atoms with Gasteiger partial charge in [-0.05, 0) is 35.4 Å². The van der Waals surface area contributed by atoms with Gasteiger partial charge in [-0.3, -0.25) is 5.10 Å². The highest BCUT2D eigenvalue weighted by Crippen LogP contribution is 2.22. The number of hydrogen-bond donors (Lipinski definition) is 2.